The van der Waals surface area contributed by atoms with Crippen molar-refractivity contribution in [2.24, 2.45) is 0 Å². The molecule has 0 saturated carbocycles. The molecule has 0 aliphatic carbocycles. The third kappa shape index (κ3) is 4.15. The Bertz CT molecular complexity index is 1230. The van der Waals surface area contributed by atoms with Crippen LogP contribution in [0.3, 0.4) is 0 Å². The molecule has 1 heterocycles. The van der Waals surface area contributed by atoms with E-state index in [0.717, 1.165) is 44.5 Å². The van der Waals surface area contributed by atoms with Gasteiger partial charge in [-0.15, -0.1) is 0 Å². The number of carbonyl (C=O) groups is 1. The van der Waals surface area contributed by atoms with Crippen molar-refractivity contribution in [3.63, 3.8) is 0 Å². The van der Waals surface area contributed by atoms with Gasteiger partial charge in [0.25, 0.3) is 0 Å². The first-order valence-corrected chi connectivity index (χ1v) is 9.81. The summed E-state index contributed by atoms with van der Waals surface area (Å²) < 4.78 is 5.40. The van der Waals surface area contributed by atoms with E-state index in [1.54, 1.807) is 12.6 Å². The van der Waals surface area contributed by atoms with Gasteiger partial charge >= 0.3 is 0 Å². The predicted molar refractivity (Wildman–Crippen MR) is 119 cm³/mol. The lowest BCUT2D eigenvalue weighted by atomic mass is 10.1. The molecule has 1 aromatic heterocycles. The molecular weight excluding hydrogens is 402 g/mol. The van der Waals surface area contributed by atoms with Gasteiger partial charge < -0.3 is 10.1 Å². The molecule has 4 aromatic rings. The summed E-state index contributed by atoms with van der Waals surface area (Å²) in [5.41, 5.74) is 6.10. The molecule has 152 valence electrons. The maximum atomic E-state index is 11.2. The van der Waals surface area contributed by atoms with Crippen LogP contribution in [0.4, 0.5) is 11.4 Å². The van der Waals surface area contributed by atoms with E-state index in [2.05, 4.69) is 5.32 Å². The molecule has 3 aromatic carbocycles. The molecule has 0 radical (unpaired) electrons. The number of hydroxylamine groups is 1. The third-order valence-corrected chi connectivity index (χ3v) is 5.17. The van der Waals surface area contributed by atoms with Crippen molar-refractivity contribution in [1.29, 1.82) is 0 Å². The van der Waals surface area contributed by atoms with E-state index in [-0.39, 0.29) is 6.42 Å². The fourth-order valence-electron chi connectivity index (χ4n) is 3.37. The highest BCUT2D eigenvalue weighted by atomic mass is 35.5. The maximum absolute atomic E-state index is 11.2. The van der Waals surface area contributed by atoms with Crippen molar-refractivity contribution in [3.8, 4) is 5.75 Å². The Kier molecular flexibility index (Phi) is 5.70. The van der Waals surface area contributed by atoms with E-state index in [4.69, 9.17) is 26.5 Å². The molecule has 30 heavy (non-hydrogen) atoms. The molecule has 4 rings (SSSR count). The topological polar surface area (TPSA) is 83.5 Å². The third-order valence-electron chi connectivity index (χ3n) is 4.93. The minimum atomic E-state index is -0.403. The molecule has 0 unspecified atom stereocenters. The Morgan fingerprint density at radius 2 is 1.83 bits per heavy atom. The quantitative estimate of drug-likeness (QED) is 0.225. The van der Waals surface area contributed by atoms with Gasteiger partial charge in [0.15, 0.2) is 0 Å². The fraction of sp³-hybridized carbons (Fsp3) is 0.130. The first-order valence-electron chi connectivity index (χ1n) is 9.43. The number of nitrogens with zero attached hydrogens (tertiary/aromatic N) is 1. The number of benzene rings is 3. The number of hydrogen-bond acceptors (Lipinski definition) is 5. The van der Waals surface area contributed by atoms with Crippen molar-refractivity contribution in [3.05, 3.63) is 71.2 Å². The predicted octanol–water partition coefficient (Wildman–Crippen LogP) is 5.23. The lowest BCUT2D eigenvalue weighted by Gasteiger charge is -2.15. The molecule has 3 N–H and O–H groups in total. The molecule has 7 heteroatoms. The van der Waals surface area contributed by atoms with E-state index in [0.29, 0.717) is 11.4 Å². The Morgan fingerprint density at radius 3 is 2.57 bits per heavy atom. The summed E-state index contributed by atoms with van der Waals surface area (Å²) in [4.78, 5) is 16.0. The maximum Gasteiger partial charge on any atom is 0.243 e. The average Bonchev–Trinajstić information content (AvgIpc) is 2.77. The monoisotopic (exact) mass is 421 g/mol. The number of rotatable bonds is 6. The Hall–Kier alpha value is -3.35. The smallest absolute Gasteiger partial charge is 0.243 e. The number of fused-ring (bicyclic) bond motifs is 2. The summed E-state index contributed by atoms with van der Waals surface area (Å²) in [7, 11) is 1.64. The first-order chi connectivity index (χ1) is 14.6. The van der Waals surface area contributed by atoms with E-state index >= 15 is 0 Å². The number of methoxy groups -OCH3 is 1. The van der Waals surface area contributed by atoms with Gasteiger partial charge in [-0.05, 0) is 60.5 Å². The summed E-state index contributed by atoms with van der Waals surface area (Å²) in [6.45, 7) is 0. The van der Waals surface area contributed by atoms with Crippen LogP contribution in [0.25, 0.3) is 21.8 Å². The van der Waals surface area contributed by atoms with Crippen LogP contribution in [0.5, 0.6) is 5.75 Å². The van der Waals surface area contributed by atoms with E-state index in [9.17, 15) is 4.79 Å². The lowest BCUT2D eigenvalue weighted by molar-refractivity contribution is -0.129. The fourth-order valence-corrected chi connectivity index (χ4v) is 3.54. The second kappa shape index (κ2) is 8.57. The SMILES string of the molecule is COc1ccc2nc3cc(Cl)ccc3c(Nc3ccc(CCC(=O)NO)cc3)c2c1. The summed E-state index contributed by atoms with van der Waals surface area (Å²) in [5.74, 6) is 0.345. The van der Waals surface area contributed by atoms with Crippen molar-refractivity contribution in [2.45, 2.75) is 12.8 Å². The largest absolute Gasteiger partial charge is 0.497 e. The van der Waals surface area contributed by atoms with Crippen molar-refractivity contribution < 1.29 is 14.7 Å². The molecule has 0 aliphatic rings. The number of halogens is 1. The van der Waals surface area contributed by atoms with Crippen LogP contribution in [0, 0.1) is 0 Å². The second-order valence-electron chi connectivity index (χ2n) is 6.89. The van der Waals surface area contributed by atoms with E-state index in [1.807, 2.05) is 60.7 Å². The molecule has 1 amide bonds. The number of aryl methyl sites for hydroxylation is 1. The van der Waals surface area contributed by atoms with Crippen LogP contribution >= 0.6 is 11.6 Å². The van der Waals surface area contributed by atoms with Crippen LogP contribution in [-0.4, -0.2) is 23.2 Å². The van der Waals surface area contributed by atoms with Crippen molar-refractivity contribution in [1.82, 2.24) is 10.5 Å². The van der Waals surface area contributed by atoms with Gasteiger partial charge in [-0.2, -0.15) is 0 Å². The molecular formula is C23H20ClN3O3. The highest BCUT2D eigenvalue weighted by Crippen LogP contribution is 2.36. The van der Waals surface area contributed by atoms with Crippen LogP contribution < -0.4 is 15.5 Å². The van der Waals surface area contributed by atoms with Crippen molar-refractivity contribution >= 4 is 50.7 Å². The number of anilines is 2. The summed E-state index contributed by atoms with van der Waals surface area (Å²) in [6.07, 6.45) is 0.771. The molecule has 0 fully saturated rings. The molecule has 0 aliphatic heterocycles. The number of pyridine rings is 1. The van der Waals surface area contributed by atoms with Crippen LogP contribution in [0.2, 0.25) is 5.02 Å². The number of aromatic nitrogens is 1. The van der Waals surface area contributed by atoms with Gasteiger partial charge in [0, 0.05) is 27.9 Å². The summed E-state index contributed by atoms with van der Waals surface area (Å²) >= 11 is 6.19. The minimum absolute atomic E-state index is 0.226. The second-order valence-corrected chi connectivity index (χ2v) is 7.32. The lowest BCUT2D eigenvalue weighted by Crippen LogP contribution is -2.18. The molecule has 6 nitrogen and oxygen atoms in total. The van der Waals surface area contributed by atoms with Crippen LogP contribution in [0.15, 0.2) is 60.7 Å². The first kappa shape index (κ1) is 19.9. The molecule has 0 spiro atoms. The Balaban J connectivity index is 1.73. The molecule has 0 atom stereocenters. The summed E-state index contributed by atoms with van der Waals surface area (Å²) in [5, 5.41) is 14.6. The van der Waals surface area contributed by atoms with Gasteiger partial charge in [-0.1, -0.05) is 23.7 Å². The zero-order chi connectivity index (χ0) is 21.1. The zero-order valence-electron chi connectivity index (χ0n) is 16.3. The van der Waals surface area contributed by atoms with Crippen LogP contribution in [-0.2, 0) is 11.2 Å². The standard InChI is InChI=1S/C23H20ClN3O3/c1-30-17-8-10-20-19(13-17)23(18-9-5-15(24)12-21(18)26-20)25-16-6-2-14(3-7-16)4-11-22(28)27-29/h2-3,5-10,12-13,29H,4,11H2,1H3,(H,25,26)(H,27,28). The van der Waals surface area contributed by atoms with Gasteiger partial charge in [0.1, 0.15) is 5.75 Å². The zero-order valence-corrected chi connectivity index (χ0v) is 17.0. The van der Waals surface area contributed by atoms with Gasteiger partial charge in [-0.25, -0.2) is 10.5 Å². The van der Waals surface area contributed by atoms with Gasteiger partial charge in [0.2, 0.25) is 5.91 Å². The Morgan fingerprint density at radius 1 is 1.03 bits per heavy atom. The normalized spacial score (nSPS) is 10.9. The number of carbonyl (C=O) groups excluding carboxylic acids is 1. The van der Waals surface area contributed by atoms with Crippen LogP contribution in [0.1, 0.15) is 12.0 Å². The number of nitrogens with one attached hydrogen (secondary N) is 2. The highest BCUT2D eigenvalue weighted by molar-refractivity contribution is 6.31. The number of ether oxygens (including phenoxy) is 1. The van der Waals surface area contributed by atoms with Gasteiger partial charge in [-0.3, -0.25) is 10.0 Å². The van der Waals surface area contributed by atoms with E-state index < -0.39 is 5.91 Å². The Labute approximate surface area is 178 Å². The van der Waals surface area contributed by atoms with Crippen molar-refractivity contribution in [2.75, 3.05) is 12.4 Å². The minimum Gasteiger partial charge on any atom is -0.497 e. The molecule has 0 saturated heterocycles. The highest BCUT2D eigenvalue weighted by Gasteiger charge is 2.11. The summed E-state index contributed by atoms with van der Waals surface area (Å²) in [6, 6.07) is 19.2. The van der Waals surface area contributed by atoms with Gasteiger partial charge in [0.05, 0.1) is 23.8 Å². The number of hydrogen-bond donors (Lipinski definition) is 3. The van der Waals surface area contributed by atoms with E-state index in [1.165, 1.54) is 0 Å². The molecule has 0 bridgehead atoms. The number of amides is 1. The average molecular weight is 422 g/mol.